The van der Waals surface area contributed by atoms with Gasteiger partial charge in [-0.3, -0.25) is 9.59 Å². The van der Waals surface area contributed by atoms with Crippen molar-refractivity contribution in [2.75, 3.05) is 32.2 Å². The molecule has 1 aromatic rings. The molecule has 0 saturated carbocycles. The van der Waals surface area contributed by atoms with Crippen molar-refractivity contribution in [3.63, 3.8) is 0 Å². The number of amides is 2. The molecule has 0 unspecified atom stereocenters. The van der Waals surface area contributed by atoms with Crippen molar-refractivity contribution in [3.05, 3.63) is 29.4 Å². The van der Waals surface area contributed by atoms with E-state index >= 15 is 0 Å². The Hall–Kier alpha value is -1.93. The third kappa shape index (κ3) is 6.87. The van der Waals surface area contributed by atoms with Crippen LogP contribution in [0.15, 0.2) is 29.4 Å². The molecule has 1 aromatic heterocycles. The topological polar surface area (TPSA) is 89.6 Å². The molecule has 2 amide bonds. The van der Waals surface area contributed by atoms with E-state index in [-0.39, 0.29) is 6.54 Å². The van der Waals surface area contributed by atoms with Crippen molar-refractivity contribution in [2.24, 2.45) is 0 Å². The third-order valence-electron chi connectivity index (χ3n) is 2.18. The molecule has 0 aliphatic rings. The van der Waals surface area contributed by atoms with E-state index in [9.17, 15) is 9.59 Å². The number of halogens is 1. The Balaban J connectivity index is 2.45. The summed E-state index contributed by atoms with van der Waals surface area (Å²) in [6, 6.07) is 3.17. The second kappa shape index (κ2) is 9.09. The lowest BCUT2D eigenvalue weighted by Crippen LogP contribution is -2.35. The standard InChI is InChI=1S/C13H16BrN3O4/c1-9(14)7-16-12(18)13(19)17-10-3-4-11(15-8-10)21-6-5-20-2/h3-4,8H,1,5-7H2,2H3,(H,16,18)(H,17,19). The normalized spacial score (nSPS) is 9.81. The maximum Gasteiger partial charge on any atom is 0.313 e. The van der Waals surface area contributed by atoms with Crippen molar-refractivity contribution in [1.82, 2.24) is 10.3 Å². The maximum atomic E-state index is 11.6. The molecule has 0 aromatic carbocycles. The van der Waals surface area contributed by atoms with Gasteiger partial charge in [0.1, 0.15) is 6.61 Å². The molecule has 0 spiro atoms. The summed E-state index contributed by atoms with van der Waals surface area (Å²) in [6.07, 6.45) is 1.40. The highest BCUT2D eigenvalue weighted by atomic mass is 79.9. The monoisotopic (exact) mass is 357 g/mol. The van der Waals surface area contributed by atoms with Crippen LogP contribution in [0, 0.1) is 0 Å². The Morgan fingerprint density at radius 1 is 1.33 bits per heavy atom. The molecular formula is C13H16BrN3O4. The molecule has 1 heterocycles. The number of anilines is 1. The highest BCUT2D eigenvalue weighted by Crippen LogP contribution is 2.11. The molecule has 0 atom stereocenters. The lowest BCUT2D eigenvalue weighted by Gasteiger charge is -2.07. The average molecular weight is 358 g/mol. The molecule has 8 heteroatoms. The number of hydrogen-bond acceptors (Lipinski definition) is 5. The second-order valence-electron chi connectivity index (χ2n) is 3.88. The van der Waals surface area contributed by atoms with Gasteiger partial charge < -0.3 is 20.1 Å². The van der Waals surface area contributed by atoms with Crippen LogP contribution in [0.5, 0.6) is 5.88 Å². The van der Waals surface area contributed by atoms with Gasteiger partial charge in [0.25, 0.3) is 0 Å². The van der Waals surface area contributed by atoms with Gasteiger partial charge in [0.15, 0.2) is 0 Å². The minimum atomic E-state index is -0.779. The second-order valence-corrected chi connectivity index (χ2v) is 5.00. The molecule has 0 bridgehead atoms. The summed E-state index contributed by atoms with van der Waals surface area (Å²) in [5, 5.41) is 4.81. The minimum absolute atomic E-state index is 0.177. The average Bonchev–Trinajstić information content (AvgIpc) is 2.46. The molecule has 0 fully saturated rings. The zero-order chi connectivity index (χ0) is 15.7. The van der Waals surface area contributed by atoms with Crippen molar-refractivity contribution >= 4 is 33.4 Å². The number of hydrogen-bond donors (Lipinski definition) is 2. The van der Waals surface area contributed by atoms with Crippen LogP contribution in [-0.4, -0.2) is 43.7 Å². The number of carbonyl (C=O) groups excluding carboxylic acids is 2. The van der Waals surface area contributed by atoms with Gasteiger partial charge in [-0.1, -0.05) is 22.5 Å². The largest absolute Gasteiger partial charge is 0.475 e. The number of ether oxygens (including phenoxy) is 2. The highest BCUT2D eigenvalue weighted by Gasteiger charge is 2.13. The smallest absolute Gasteiger partial charge is 0.313 e. The minimum Gasteiger partial charge on any atom is -0.475 e. The highest BCUT2D eigenvalue weighted by molar-refractivity contribution is 9.11. The zero-order valence-corrected chi connectivity index (χ0v) is 13.1. The van der Waals surface area contributed by atoms with Gasteiger partial charge in [-0.2, -0.15) is 0 Å². The van der Waals surface area contributed by atoms with Gasteiger partial charge in [0, 0.05) is 24.2 Å². The van der Waals surface area contributed by atoms with Crippen LogP contribution in [0.3, 0.4) is 0 Å². The van der Waals surface area contributed by atoms with E-state index in [1.165, 1.54) is 6.20 Å². The molecule has 1 rings (SSSR count). The van der Waals surface area contributed by atoms with Gasteiger partial charge in [0.2, 0.25) is 5.88 Å². The summed E-state index contributed by atoms with van der Waals surface area (Å²) in [7, 11) is 1.57. The number of aromatic nitrogens is 1. The summed E-state index contributed by atoms with van der Waals surface area (Å²) < 4.78 is 10.7. The number of nitrogens with one attached hydrogen (secondary N) is 2. The van der Waals surface area contributed by atoms with E-state index < -0.39 is 11.8 Å². The Morgan fingerprint density at radius 3 is 2.67 bits per heavy atom. The first-order chi connectivity index (χ1) is 10.0. The molecular weight excluding hydrogens is 342 g/mol. The van der Waals surface area contributed by atoms with E-state index in [4.69, 9.17) is 9.47 Å². The first-order valence-electron chi connectivity index (χ1n) is 6.03. The Morgan fingerprint density at radius 2 is 2.10 bits per heavy atom. The van der Waals surface area contributed by atoms with E-state index in [1.807, 2.05) is 0 Å². The maximum absolute atomic E-state index is 11.6. The van der Waals surface area contributed by atoms with Crippen molar-refractivity contribution < 1.29 is 19.1 Å². The fourth-order valence-electron chi connectivity index (χ4n) is 1.21. The summed E-state index contributed by atoms with van der Waals surface area (Å²) >= 11 is 3.08. The van der Waals surface area contributed by atoms with Crippen LogP contribution in [-0.2, 0) is 14.3 Å². The van der Waals surface area contributed by atoms with E-state index in [1.54, 1.807) is 19.2 Å². The van der Waals surface area contributed by atoms with Crippen LogP contribution in [0.2, 0.25) is 0 Å². The van der Waals surface area contributed by atoms with Gasteiger partial charge in [0.05, 0.1) is 18.5 Å². The lowest BCUT2D eigenvalue weighted by atomic mass is 10.4. The van der Waals surface area contributed by atoms with E-state index in [0.717, 1.165) is 0 Å². The van der Waals surface area contributed by atoms with E-state index in [2.05, 4.69) is 38.1 Å². The summed E-state index contributed by atoms with van der Waals surface area (Å²) in [6.45, 7) is 4.57. The Bertz CT molecular complexity index is 505. The molecule has 0 aliphatic carbocycles. The fourth-order valence-corrected chi connectivity index (χ4v) is 1.35. The van der Waals surface area contributed by atoms with Crippen molar-refractivity contribution in [1.29, 1.82) is 0 Å². The van der Waals surface area contributed by atoms with Crippen LogP contribution < -0.4 is 15.4 Å². The quantitative estimate of drug-likeness (QED) is 0.562. The van der Waals surface area contributed by atoms with Crippen LogP contribution in [0.25, 0.3) is 0 Å². The van der Waals surface area contributed by atoms with Crippen molar-refractivity contribution in [2.45, 2.75) is 0 Å². The van der Waals surface area contributed by atoms with Crippen LogP contribution in [0.1, 0.15) is 0 Å². The fraction of sp³-hybridized carbons (Fsp3) is 0.308. The molecule has 21 heavy (non-hydrogen) atoms. The van der Waals surface area contributed by atoms with Gasteiger partial charge >= 0.3 is 11.8 Å². The number of pyridine rings is 1. The molecule has 2 N–H and O–H groups in total. The SMILES string of the molecule is C=C(Br)CNC(=O)C(=O)Nc1ccc(OCCOC)nc1. The molecule has 114 valence electrons. The van der Waals surface area contributed by atoms with Crippen molar-refractivity contribution in [3.8, 4) is 5.88 Å². The summed E-state index contributed by atoms with van der Waals surface area (Å²) in [5.74, 6) is -1.13. The first kappa shape index (κ1) is 17.1. The molecule has 0 aliphatic heterocycles. The Kier molecular flexibility index (Phi) is 7.41. The number of methoxy groups -OCH3 is 1. The summed E-state index contributed by atoms with van der Waals surface area (Å²) in [4.78, 5) is 27.0. The third-order valence-corrected chi connectivity index (χ3v) is 2.46. The zero-order valence-electron chi connectivity index (χ0n) is 11.5. The lowest BCUT2D eigenvalue weighted by molar-refractivity contribution is -0.136. The number of carbonyl (C=O) groups is 2. The van der Waals surface area contributed by atoms with Crippen LogP contribution >= 0.6 is 15.9 Å². The molecule has 0 radical (unpaired) electrons. The van der Waals surface area contributed by atoms with Gasteiger partial charge in [-0.05, 0) is 6.07 Å². The Labute approximate surface area is 130 Å². The predicted molar refractivity (Wildman–Crippen MR) is 81.3 cm³/mol. The first-order valence-corrected chi connectivity index (χ1v) is 6.82. The number of rotatable bonds is 7. The molecule has 7 nitrogen and oxygen atoms in total. The number of nitrogens with zero attached hydrogens (tertiary/aromatic N) is 1. The predicted octanol–water partition coefficient (Wildman–Crippen LogP) is 1.07. The van der Waals surface area contributed by atoms with Gasteiger partial charge in [-0.25, -0.2) is 4.98 Å². The molecule has 0 saturated heterocycles. The van der Waals surface area contributed by atoms with E-state index in [0.29, 0.717) is 29.3 Å². The van der Waals surface area contributed by atoms with Gasteiger partial charge in [-0.15, -0.1) is 0 Å². The summed E-state index contributed by atoms with van der Waals surface area (Å²) in [5.41, 5.74) is 0.395. The van der Waals surface area contributed by atoms with Crippen LogP contribution in [0.4, 0.5) is 5.69 Å².